The Balaban J connectivity index is 0.00000225. The summed E-state index contributed by atoms with van der Waals surface area (Å²) in [6.45, 7) is 6.66. The molecule has 1 heterocycles. The molecule has 0 aromatic carbocycles. The fourth-order valence-corrected chi connectivity index (χ4v) is 3.32. The van der Waals surface area contributed by atoms with E-state index >= 15 is 0 Å². The zero-order valence-electron chi connectivity index (χ0n) is 9.63. The summed E-state index contributed by atoms with van der Waals surface area (Å²) >= 11 is 0. The monoisotopic (exact) mass is 268 g/mol. The number of hydrogen-bond donors (Lipinski definition) is 1. The Morgan fingerprint density at radius 2 is 2.25 bits per heavy atom. The molecule has 0 aromatic heterocycles. The van der Waals surface area contributed by atoms with Crippen LogP contribution in [-0.2, 0) is 10.0 Å². The molecule has 1 rings (SSSR count). The number of rotatable bonds is 5. The summed E-state index contributed by atoms with van der Waals surface area (Å²) < 4.78 is 25.2. The molecule has 6 heteroatoms. The number of halogens is 1. The second-order valence-corrected chi connectivity index (χ2v) is 6.25. The highest BCUT2D eigenvalue weighted by molar-refractivity contribution is 7.89. The standard InChI is InChI=1S/C10H20N2O2S.ClH/c1-3-4-7-15(13,14)12-6-5-10(8-12)9(2)11;/h3,9-10H,1,4-8,11H2,2H3;1H. The van der Waals surface area contributed by atoms with Gasteiger partial charge in [-0.1, -0.05) is 6.08 Å². The molecule has 1 saturated heterocycles. The molecule has 0 amide bonds. The third-order valence-corrected chi connectivity index (χ3v) is 4.77. The van der Waals surface area contributed by atoms with E-state index in [2.05, 4.69) is 6.58 Å². The first kappa shape index (κ1) is 15.9. The SMILES string of the molecule is C=CCCS(=O)(=O)N1CCC(C(C)N)C1.Cl. The van der Waals surface area contributed by atoms with Crippen LogP contribution in [0.1, 0.15) is 19.8 Å². The molecule has 1 fully saturated rings. The van der Waals surface area contributed by atoms with E-state index in [1.54, 1.807) is 10.4 Å². The van der Waals surface area contributed by atoms with Crippen molar-refractivity contribution in [3.63, 3.8) is 0 Å². The highest BCUT2D eigenvalue weighted by Gasteiger charge is 2.32. The van der Waals surface area contributed by atoms with Crippen LogP contribution >= 0.6 is 12.4 Å². The van der Waals surface area contributed by atoms with Crippen molar-refractivity contribution < 1.29 is 8.42 Å². The zero-order chi connectivity index (χ0) is 11.5. The van der Waals surface area contributed by atoms with Crippen molar-refractivity contribution in [1.29, 1.82) is 0 Å². The molecule has 0 spiro atoms. The van der Waals surface area contributed by atoms with Crippen molar-refractivity contribution in [2.45, 2.75) is 25.8 Å². The molecule has 0 radical (unpaired) electrons. The Labute approximate surface area is 104 Å². The number of nitrogens with two attached hydrogens (primary N) is 1. The Morgan fingerprint density at radius 3 is 2.69 bits per heavy atom. The van der Waals surface area contributed by atoms with Crippen LogP contribution in [0.3, 0.4) is 0 Å². The third-order valence-electron chi connectivity index (χ3n) is 2.90. The lowest BCUT2D eigenvalue weighted by Crippen LogP contribution is -2.34. The highest BCUT2D eigenvalue weighted by atomic mass is 35.5. The highest BCUT2D eigenvalue weighted by Crippen LogP contribution is 2.21. The van der Waals surface area contributed by atoms with E-state index in [4.69, 9.17) is 5.73 Å². The van der Waals surface area contributed by atoms with Gasteiger partial charge in [0.25, 0.3) is 0 Å². The Morgan fingerprint density at radius 1 is 1.62 bits per heavy atom. The Hall–Kier alpha value is -0.100. The number of hydrogen-bond acceptors (Lipinski definition) is 3. The molecule has 4 nitrogen and oxygen atoms in total. The van der Waals surface area contributed by atoms with E-state index in [0.717, 1.165) is 6.42 Å². The minimum absolute atomic E-state index is 0. The van der Waals surface area contributed by atoms with Gasteiger partial charge in [-0.2, -0.15) is 0 Å². The van der Waals surface area contributed by atoms with Crippen LogP contribution in [-0.4, -0.2) is 37.6 Å². The van der Waals surface area contributed by atoms with Gasteiger partial charge >= 0.3 is 0 Å². The van der Waals surface area contributed by atoms with Crippen LogP contribution in [0.5, 0.6) is 0 Å². The lowest BCUT2D eigenvalue weighted by molar-refractivity contribution is 0.429. The number of nitrogens with zero attached hydrogens (tertiary/aromatic N) is 1. The van der Waals surface area contributed by atoms with Gasteiger partial charge < -0.3 is 5.73 Å². The first-order chi connectivity index (χ1) is 6.97. The van der Waals surface area contributed by atoms with Crippen molar-refractivity contribution in [2.75, 3.05) is 18.8 Å². The van der Waals surface area contributed by atoms with Gasteiger partial charge in [-0.25, -0.2) is 12.7 Å². The zero-order valence-corrected chi connectivity index (χ0v) is 11.3. The molecule has 96 valence electrons. The Kier molecular flexibility index (Phi) is 6.55. The third kappa shape index (κ3) is 4.05. The lowest BCUT2D eigenvalue weighted by Gasteiger charge is -2.17. The van der Waals surface area contributed by atoms with Gasteiger partial charge in [-0.3, -0.25) is 0 Å². The van der Waals surface area contributed by atoms with E-state index in [-0.39, 0.29) is 24.2 Å². The van der Waals surface area contributed by atoms with Crippen LogP contribution in [0.2, 0.25) is 0 Å². The summed E-state index contributed by atoms with van der Waals surface area (Å²) in [5, 5.41) is 0. The molecule has 0 bridgehead atoms. The van der Waals surface area contributed by atoms with Gasteiger partial charge in [0.2, 0.25) is 10.0 Å². The first-order valence-corrected chi connectivity index (χ1v) is 6.92. The van der Waals surface area contributed by atoms with Crippen molar-refractivity contribution >= 4 is 22.4 Å². The van der Waals surface area contributed by atoms with Gasteiger partial charge in [0.1, 0.15) is 0 Å². The topological polar surface area (TPSA) is 63.4 Å². The van der Waals surface area contributed by atoms with Crippen LogP contribution in [0.15, 0.2) is 12.7 Å². The first-order valence-electron chi connectivity index (χ1n) is 5.31. The fourth-order valence-electron chi connectivity index (χ4n) is 1.80. The summed E-state index contributed by atoms with van der Waals surface area (Å²) in [7, 11) is -3.08. The number of sulfonamides is 1. The van der Waals surface area contributed by atoms with Crippen LogP contribution in [0.25, 0.3) is 0 Å². The summed E-state index contributed by atoms with van der Waals surface area (Å²) in [6.07, 6.45) is 3.03. The maximum absolute atomic E-state index is 11.8. The van der Waals surface area contributed by atoms with Crippen molar-refractivity contribution in [2.24, 2.45) is 11.7 Å². The molecule has 0 aliphatic carbocycles. The molecule has 0 aromatic rings. The molecule has 16 heavy (non-hydrogen) atoms. The number of allylic oxidation sites excluding steroid dienone is 1. The van der Waals surface area contributed by atoms with Gasteiger partial charge in [0, 0.05) is 19.1 Å². The maximum Gasteiger partial charge on any atom is 0.214 e. The summed E-state index contributed by atoms with van der Waals surface area (Å²) in [6, 6.07) is 0.0737. The van der Waals surface area contributed by atoms with E-state index in [1.807, 2.05) is 6.92 Å². The summed E-state index contributed by atoms with van der Waals surface area (Å²) in [4.78, 5) is 0. The molecule has 1 aliphatic rings. The summed E-state index contributed by atoms with van der Waals surface area (Å²) in [5.41, 5.74) is 5.77. The van der Waals surface area contributed by atoms with Crippen LogP contribution in [0, 0.1) is 5.92 Å². The second-order valence-electron chi connectivity index (χ2n) is 4.16. The summed E-state index contributed by atoms with van der Waals surface area (Å²) in [5.74, 6) is 0.478. The van der Waals surface area contributed by atoms with Gasteiger partial charge in [-0.15, -0.1) is 19.0 Å². The molecule has 0 saturated carbocycles. The van der Waals surface area contributed by atoms with Gasteiger partial charge in [0.05, 0.1) is 5.75 Å². The van der Waals surface area contributed by atoms with E-state index < -0.39 is 10.0 Å². The van der Waals surface area contributed by atoms with E-state index in [1.165, 1.54) is 0 Å². The maximum atomic E-state index is 11.8. The van der Waals surface area contributed by atoms with Crippen LogP contribution in [0.4, 0.5) is 0 Å². The molecular weight excluding hydrogens is 248 g/mol. The predicted octanol–water partition coefficient (Wildman–Crippen LogP) is 0.983. The second kappa shape index (κ2) is 6.59. The average Bonchev–Trinajstić information content (AvgIpc) is 2.64. The molecule has 2 unspecified atom stereocenters. The van der Waals surface area contributed by atoms with Gasteiger partial charge in [0.15, 0.2) is 0 Å². The minimum atomic E-state index is -3.08. The van der Waals surface area contributed by atoms with Gasteiger partial charge in [-0.05, 0) is 25.7 Å². The van der Waals surface area contributed by atoms with Crippen molar-refractivity contribution in [1.82, 2.24) is 4.31 Å². The smallest absolute Gasteiger partial charge is 0.214 e. The Bertz CT molecular complexity index is 317. The molecule has 2 N–H and O–H groups in total. The fraction of sp³-hybridized carbons (Fsp3) is 0.800. The molecular formula is C10H21ClN2O2S. The average molecular weight is 269 g/mol. The van der Waals surface area contributed by atoms with Crippen molar-refractivity contribution in [3.8, 4) is 0 Å². The van der Waals surface area contributed by atoms with Crippen LogP contribution < -0.4 is 5.73 Å². The van der Waals surface area contributed by atoms with E-state index in [9.17, 15) is 8.42 Å². The lowest BCUT2D eigenvalue weighted by atomic mass is 10.0. The largest absolute Gasteiger partial charge is 0.328 e. The minimum Gasteiger partial charge on any atom is -0.328 e. The quantitative estimate of drug-likeness (QED) is 0.756. The normalized spacial score (nSPS) is 23.8. The molecule has 2 atom stereocenters. The predicted molar refractivity (Wildman–Crippen MR) is 69.2 cm³/mol. The van der Waals surface area contributed by atoms with Crippen molar-refractivity contribution in [3.05, 3.63) is 12.7 Å². The van der Waals surface area contributed by atoms with E-state index in [0.29, 0.717) is 25.4 Å². The molecule has 1 aliphatic heterocycles.